The Hall–Kier alpha value is -2.46. The number of amides is 1. The molecule has 0 aromatic heterocycles. The summed E-state index contributed by atoms with van der Waals surface area (Å²) in [5, 5.41) is 2.68. The lowest BCUT2D eigenvalue weighted by atomic mass is 9.93. The van der Waals surface area contributed by atoms with Crippen molar-refractivity contribution in [2.75, 3.05) is 7.11 Å². The van der Waals surface area contributed by atoms with Gasteiger partial charge in [0.2, 0.25) is 0 Å². The third kappa shape index (κ3) is 2.14. The Bertz CT molecular complexity index is 763. The molecule has 0 radical (unpaired) electrons. The quantitative estimate of drug-likeness (QED) is 0.882. The highest BCUT2D eigenvalue weighted by molar-refractivity contribution is 7.80. The van der Waals surface area contributed by atoms with Crippen LogP contribution in [0.3, 0.4) is 0 Å². The van der Waals surface area contributed by atoms with E-state index in [1.54, 1.807) is 13.2 Å². The van der Waals surface area contributed by atoms with Crippen LogP contribution in [-0.4, -0.2) is 18.0 Å². The molecule has 1 aliphatic rings. The van der Waals surface area contributed by atoms with Gasteiger partial charge in [0.05, 0.1) is 12.7 Å². The van der Waals surface area contributed by atoms with Crippen molar-refractivity contribution in [3.05, 3.63) is 59.7 Å². The van der Waals surface area contributed by atoms with E-state index in [4.69, 9.17) is 17.0 Å². The zero-order chi connectivity index (χ0) is 15.0. The Morgan fingerprint density at radius 1 is 1.14 bits per heavy atom. The van der Waals surface area contributed by atoms with Gasteiger partial charge in [-0.2, -0.15) is 0 Å². The predicted octanol–water partition coefficient (Wildman–Crippen LogP) is 3.42. The lowest BCUT2D eigenvalue weighted by molar-refractivity contribution is 0.0983. The maximum atomic E-state index is 12.1. The molecule has 104 valence electrons. The van der Waals surface area contributed by atoms with E-state index in [0.29, 0.717) is 10.6 Å². The molecule has 2 aromatic rings. The van der Waals surface area contributed by atoms with Gasteiger partial charge in [-0.1, -0.05) is 49.1 Å². The summed E-state index contributed by atoms with van der Waals surface area (Å²) in [6.45, 7) is 3.84. The number of thiocarbonyl (C=S) groups is 1. The number of ether oxygens (including phenoxy) is 1. The Balaban J connectivity index is 2.20. The summed E-state index contributed by atoms with van der Waals surface area (Å²) in [5.74, 6) is 0.624. The van der Waals surface area contributed by atoms with Crippen LogP contribution >= 0.6 is 12.2 Å². The highest BCUT2D eigenvalue weighted by atomic mass is 32.1. The molecule has 1 amide bonds. The zero-order valence-electron chi connectivity index (χ0n) is 11.5. The number of methoxy groups -OCH3 is 1. The van der Waals surface area contributed by atoms with Crippen LogP contribution in [0.5, 0.6) is 5.75 Å². The first-order chi connectivity index (χ1) is 10.2. The van der Waals surface area contributed by atoms with Crippen LogP contribution in [0.15, 0.2) is 43.0 Å². The lowest BCUT2D eigenvalue weighted by Gasteiger charge is -2.10. The Morgan fingerprint density at radius 2 is 1.81 bits per heavy atom. The molecule has 1 aliphatic heterocycles. The number of hydrogen-bond donors (Lipinski definition) is 1. The fourth-order valence-electron chi connectivity index (χ4n) is 2.52. The van der Waals surface area contributed by atoms with Gasteiger partial charge in [0.15, 0.2) is 0 Å². The molecule has 1 heterocycles. The van der Waals surface area contributed by atoms with Crippen molar-refractivity contribution in [2.24, 2.45) is 0 Å². The average Bonchev–Trinajstić information content (AvgIpc) is 2.81. The van der Waals surface area contributed by atoms with E-state index in [1.165, 1.54) is 0 Å². The van der Waals surface area contributed by atoms with Crippen LogP contribution in [-0.2, 0) is 0 Å². The highest BCUT2D eigenvalue weighted by Crippen LogP contribution is 2.32. The van der Waals surface area contributed by atoms with Crippen molar-refractivity contribution in [1.82, 2.24) is 5.32 Å². The van der Waals surface area contributed by atoms with Crippen molar-refractivity contribution in [3.8, 4) is 16.9 Å². The van der Waals surface area contributed by atoms with Gasteiger partial charge in [-0.05, 0) is 28.8 Å². The monoisotopic (exact) mass is 295 g/mol. The molecule has 0 fully saturated rings. The normalized spacial score (nSPS) is 12.8. The van der Waals surface area contributed by atoms with Crippen LogP contribution in [0, 0.1) is 0 Å². The van der Waals surface area contributed by atoms with Gasteiger partial charge in [0.25, 0.3) is 5.91 Å². The van der Waals surface area contributed by atoms with E-state index in [-0.39, 0.29) is 5.91 Å². The summed E-state index contributed by atoms with van der Waals surface area (Å²) in [7, 11) is 1.63. The van der Waals surface area contributed by atoms with E-state index >= 15 is 0 Å². The van der Waals surface area contributed by atoms with E-state index in [1.807, 2.05) is 36.4 Å². The standard InChI is InChI=1S/C17H13NO2S/c1-3-12-13(10-4-6-11(20-2)7-5-10)8-9-14-15(12)16(19)18-17(14)21/h3-9H,1H2,2H3,(H,18,19,21). The average molecular weight is 295 g/mol. The Morgan fingerprint density at radius 3 is 2.43 bits per heavy atom. The molecule has 0 atom stereocenters. The maximum Gasteiger partial charge on any atom is 0.257 e. The Kier molecular flexibility index (Phi) is 3.31. The molecule has 3 nitrogen and oxygen atoms in total. The van der Waals surface area contributed by atoms with Crippen LogP contribution in [0.1, 0.15) is 21.5 Å². The number of hydrogen-bond acceptors (Lipinski definition) is 3. The number of carbonyl (C=O) groups is 1. The van der Waals surface area contributed by atoms with Crippen molar-refractivity contribution in [3.63, 3.8) is 0 Å². The minimum Gasteiger partial charge on any atom is -0.497 e. The SMILES string of the molecule is C=Cc1c(-c2ccc(OC)cc2)ccc2c1C(=O)NC2=S. The molecule has 0 unspecified atom stereocenters. The van der Waals surface area contributed by atoms with Crippen molar-refractivity contribution < 1.29 is 9.53 Å². The minimum absolute atomic E-state index is 0.166. The minimum atomic E-state index is -0.166. The van der Waals surface area contributed by atoms with Crippen molar-refractivity contribution in [1.29, 1.82) is 0 Å². The molecule has 21 heavy (non-hydrogen) atoms. The fraction of sp³-hybridized carbons (Fsp3) is 0.0588. The summed E-state index contributed by atoms with van der Waals surface area (Å²) >= 11 is 5.17. The smallest absolute Gasteiger partial charge is 0.257 e. The second-order valence-electron chi connectivity index (χ2n) is 4.67. The molecule has 0 saturated carbocycles. The fourth-order valence-corrected chi connectivity index (χ4v) is 2.78. The first-order valence-corrected chi connectivity index (χ1v) is 6.86. The van der Waals surface area contributed by atoms with Crippen LogP contribution < -0.4 is 10.1 Å². The molecule has 0 saturated heterocycles. The van der Waals surface area contributed by atoms with Crippen LogP contribution in [0.25, 0.3) is 17.2 Å². The van der Waals surface area contributed by atoms with Gasteiger partial charge >= 0.3 is 0 Å². The molecule has 0 bridgehead atoms. The van der Waals surface area contributed by atoms with Gasteiger partial charge in [-0.25, -0.2) is 0 Å². The third-order valence-electron chi connectivity index (χ3n) is 3.55. The number of rotatable bonds is 3. The molecule has 0 spiro atoms. The number of fused-ring (bicyclic) bond motifs is 1. The van der Waals surface area contributed by atoms with E-state index < -0.39 is 0 Å². The molecular weight excluding hydrogens is 282 g/mol. The number of carbonyl (C=O) groups excluding carboxylic acids is 1. The van der Waals surface area contributed by atoms with Gasteiger partial charge in [-0.15, -0.1) is 0 Å². The summed E-state index contributed by atoms with van der Waals surface area (Å²) in [6.07, 6.45) is 1.70. The van der Waals surface area contributed by atoms with Crippen molar-refractivity contribution >= 4 is 29.2 Å². The van der Waals surface area contributed by atoms with Gasteiger partial charge < -0.3 is 10.1 Å². The second kappa shape index (κ2) is 5.14. The molecule has 0 aliphatic carbocycles. The van der Waals surface area contributed by atoms with E-state index in [9.17, 15) is 4.79 Å². The lowest BCUT2D eigenvalue weighted by Crippen LogP contribution is -2.19. The molecular formula is C17H13NO2S. The molecule has 2 aromatic carbocycles. The van der Waals surface area contributed by atoms with E-state index in [2.05, 4.69) is 11.9 Å². The van der Waals surface area contributed by atoms with Gasteiger partial charge in [0.1, 0.15) is 10.7 Å². The topological polar surface area (TPSA) is 38.3 Å². The van der Waals surface area contributed by atoms with Gasteiger partial charge in [0, 0.05) is 5.56 Å². The second-order valence-corrected chi connectivity index (χ2v) is 5.07. The summed E-state index contributed by atoms with van der Waals surface area (Å²) in [6, 6.07) is 11.5. The van der Waals surface area contributed by atoms with Gasteiger partial charge in [-0.3, -0.25) is 4.79 Å². The predicted molar refractivity (Wildman–Crippen MR) is 87.7 cm³/mol. The largest absolute Gasteiger partial charge is 0.497 e. The number of benzene rings is 2. The third-order valence-corrected chi connectivity index (χ3v) is 3.87. The highest BCUT2D eigenvalue weighted by Gasteiger charge is 2.27. The summed E-state index contributed by atoms with van der Waals surface area (Å²) in [5.41, 5.74) is 4.12. The summed E-state index contributed by atoms with van der Waals surface area (Å²) < 4.78 is 5.17. The first-order valence-electron chi connectivity index (χ1n) is 6.45. The molecule has 1 N–H and O–H groups in total. The van der Waals surface area contributed by atoms with Crippen LogP contribution in [0.4, 0.5) is 0 Å². The number of nitrogens with one attached hydrogen (secondary N) is 1. The summed E-state index contributed by atoms with van der Waals surface area (Å²) in [4.78, 5) is 12.5. The molecule has 3 rings (SSSR count). The Labute approximate surface area is 128 Å². The maximum absolute atomic E-state index is 12.1. The van der Waals surface area contributed by atoms with Crippen molar-refractivity contribution in [2.45, 2.75) is 0 Å². The zero-order valence-corrected chi connectivity index (χ0v) is 12.3. The first kappa shape index (κ1) is 13.5. The van der Waals surface area contributed by atoms with E-state index in [0.717, 1.165) is 28.0 Å². The van der Waals surface area contributed by atoms with Crippen LogP contribution in [0.2, 0.25) is 0 Å². The molecule has 4 heteroatoms.